The summed E-state index contributed by atoms with van der Waals surface area (Å²) in [6, 6.07) is -0.582. The molecule has 0 spiro atoms. The van der Waals surface area contributed by atoms with Crippen molar-refractivity contribution >= 4 is 5.91 Å². The lowest BCUT2D eigenvalue weighted by Gasteiger charge is -2.31. The number of nitrogens with one attached hydrogen (secondary N) is 1. The van der Waals surface area contributed by atoms with Crippen molar-refractivity contribution < 1.29 is 9.90 Å². The van der Waals surface area contributed by atoms with Crippen LogP contribution >= 0.6 is 0 Å². The average Bonchev–Trinajstić information content (AvgIpc) is 2.30. The minimum absolute atomic E-state index is 0.0510. The largest absolute Gasteiger partial charge is 0.396 e. The van der Waals surface area contributed by atoms with E-state index in [1.165, 1.54) is 0 Å². The maximum Gasteiger partial charge on any atom is 0.238 e. The molecular weight excluding hydrogens is 204 g/mol. The van der Waals surface area contributed by atoms with Gasteiger partial charge >= 0.3 is 0 Å². The monoisotopic (exact) mass is 224 g/mol. The number of hydrogen-bond acceptors (Lipinski definition) is 3. The van der Waals surface area contributed by atoms with Crippen molar-refractivity contribution in [3.63, 3.8) is 0 Å². The van der Waals surface area contributed by atoms with Crippen LogP contribution in [0.1, 0.15) is 32.1 Å². The van der Waals surface area contributed by atoms with Gasteiger partial charge < -0.3 is 16.2 Å². The Bertz CT molecular complexity index is 273. The first-order valence-corrected chi connectivity index (χ1v) is 5.79. The van der Waals surface area contributed by atoms with E-state index in [1.54, 1.807) is 0 Å². The van der Waals surface area contributed by atoms with Crippen molar-refractivity contribution in [3.05, 3.63) is 0 Å². The highest BCUT2D eigenvalue weighted by Crippen LogP contribution is 2.23. The van der Waals surface area contributed by atoms with Crippen LogP contribution in [0.3, 0.4) is 0 Å². The molecule has 16 heavy (non-hydrogen) atoms. The Morgan fingerprint density at radius 2 is 2.25 bits per heavy atom. The van der Waals surface area contributed by atoms with Crippen molar-refractivity contribution in [1.29, 1.82) is 0 Å². The molecular formula is C12H20N2O2. The van der Waals surface area contributed by atoms with Gasteiger partial charge in [0, 0.05) is 25.0 Å². The average molecular weight is 224 g/mol. The summed E-state index contributed by atoms with van der Waals surface area (Å²) in [7, 11) is 0. The zero-order valence-corrected chi connectivity index (χ0v) is 9.48. The van der Waals surface area contributed by atoms with E-state index in [0.717, 1.165) is 25.7 Å². The molecule has 1 rings (SSSR count). The van der Waals surface area contributed by atoms with Crippen LogP contribution < -0.4 is 11.1 Å². The first kappa shape index (κ1) is 13.0. The quantitative estimate of drug-likeness (QED) is 0.589. The first-order valence-electron chi connectivity index (χ1n) is 5.79. The van der Waals surface area contributed by atoms with Gasteiger partial charge in [-0.15, -0.1) is 12.3 Å². The van der Waals surface area contributed by atoms with Gasteiger partial charge in [0.05, 0.1) is 6.04 Å². The smallest absolute Gasteiger partial charge is 0.238 e. The fourth-order valence-electron chi connectivity index (χ4n) is 2.13. The standard InChI is InChI=1S/C12H20N2O2/c1-2-5-10(13)12(16)14-11-7-4-3-6-9(11)8-15/h1,9-11,15H,3-8,13H2,(H,14,16). The number of terminal acetylenes is 1. The summed E-state index contributed by atoms with van der Waals surface area (Å²) in [4.78, 5) is 11.6. The van der Waals surface area contributed by atoms with Crippen LogP contribution in [0.4, 0.5) is 0 Å². The summed E-state index contributed by atoms with van der Waals surface area (Å²) < 4.78 is 0. The Morgan fingerprint density at radius 3 is 2.88 bits per heavy atom. The van der Waals surface area contributed by atoms with Gasteiger partial charge in [0.2, 0.25) is 5.91 Å². The third-order valence-corrected chi connectivity index (χ3v) is 3.15. The zero-order chi connectivity index (χ0) is 12.0. The van der Waals surface area contributed by atoms with Crippen molar-refractivity contribution in [2.45, 2.75) is 44.2 Å². The molecule has 4 nitrogen and oxygen atoms in total. The van der Waals surface area contributed by atoms with Gasteiger partial charge in [-0.1, -0.05) is 12.8 Å². The molecule has 0 bridgehead atoms. The molecule has 3 atom stereocenters. The topological polar surface area (TPSA) is 75.4 Å². The number of rotatable bonds is 4. The number of carbonyl (C=O) groups excluding carboxylic acids is 1. The molecule has 4 heteroatoms. The minimum Gasteiger partial charge on any atom is -0.396 e. The number of aliphatic hydroxyl groups excluding tert-OH is 1. The van der Waals surface area contributed by atoms with Crippen molar-refractivity contribution in [1.82, 2.24) is 5.32 Å². The maximum absolute atomic E-state index is 11.6. The molecule has 1 aliphatic carbocycles. The van der Waals surface area contributed by atoms with Crippen molar-refractivity contribution in [2.24, 2.45) is 11.7 Å². The van der Waals surface area contributed by atoms with Crippen molar-refractivity contribution in [3.8, 4) is 12.3 Å². The zero-order valence-electron chi connectivity index (χ0n) is 9.48. The molecule has 0 aromatic rings. The molecule has 1 aliphatic rings. The van der Waals surface area contributed by atoms with Gasteiger partial charge in [0.1, 0.15) is 0 Å². The van der Waals surface area contributed by atoms with Gasteiger partial charge in [-0.3, -0.25) is 4.79 Å². The second kappa shape index (κ2) is 6.51. The highest BCUT2D eigenvalue weighted by atomic mass is 16.3. The fraction of sp³-hybridized carbons (Fsp3) is 0.750. The lowest BCUT2D eigenvalue weighted by molar-refractivity contribution is -0.123. The predicted molar refractivity (Wildman–Crippen MR) is 62.4 cm³/mol. The van der Waals surface area contributed by atoms with E-state index in [1.807, 2.05) is 0 Å². The van der Waals surface area contributed by atoms with E-state index < -0.39 is 6.04 Å². The van der Waals surface area contributed by atoms with Gasteiger partial charge in [-0.2, -0.15) is 0 Å². The fourth-order valence-corrected chi connectivity index (χ4v) is 2.13. The second-order valence-electron chi connectivity index (χ2n) is 4.36. The Labute approximate surface area is 96.6 Å². The number of hydrogen-bond donors (Lipinski definition) is 3. The molecule has 1 saturated carbocycles. The third-order valence-electron chi connectivity index (χ3n) is 3.15. The summed E-state index contributed by atoms with van der Waals surface area (Å²) in [6.45, 7) is 0.120. The summed E-state index contributed by atoms with van der Waals surface area (Å²) in [5.74, 6) is 2.33. The van der Waals surface area contributed by atoms with Crippen LogP contribution in [0.15, 0.2) is 0 Å². The normalized spacial score (nSPS) is 26.8. The SMILES string of the molecule is C#CCC(N)C(=O)NC1CCCCC1CO. The van der Waals surface area contributed by atoms with Crippen LogP contribution in [0.2, 0.25) is 0 Å². The molecule has 90 valence electrons. The Morgan fingerprint density at radius 1 is 1.56 bits per heavy atom. The number of amides is 1. The molecule has 0 heterocycles. The van der Waals surface area contributed by atoms with E-state index in [0.29, 0.717) is 0 Å². The number of carbonyl (C=O) groups is 1. The molecule has 0 saturated heterocycles. The second-order valence-corrected chi connectivity index (χ2v) is 4.36. The summed E-state index contributed by atoms with van der Waals surface area (Å²) in [5, 5.41) is 12.1. The number of nitrogens with two attached hydrogens (primary N) is 1. The van der Waals surface area contributed by atoms with Crippen molar-refractivity contribution in [2.75, 3.05) is 6.61 Å². The van der Waals surface area contributed by atoms with Crippen LogP contribution in [0.25, 0.3) is 0 Å². The molecule has 3 unspecified atom stereocenters. The summed E-state index contributed by atoms with van der Waals surface area (Å²) in [6.07, 6.45) is 9.44. The number of aliphatic hydroxyl groups is 1. The lowest BCUT2D eigenvalue weighted by Crippen LogP contribution is -2.49. The van der Waals surface area contributed by atoms with Crippen LogP contribution in [-0.4, -0.2) is 29.7 Å². The van der Waals surface area contributed by atoms with Gasteiger partial charge in [-0.25, -0.2) is 0 Å². The predicted octanol–water partition coefficient (Wildman–Crippen LogP) is 0.00430. The molecule has 0 aliphatic heterocycles. The summed E-state index contributed by atoms with van der Waals surface area (Å²) >= 11 is 0. The minimum atomic E-state index is -0.633. The van der Waals surface area contributed by atoms with Crippen LogP contribution in [-0.2, 0) is 4.79 Å². The Balaban J connectivity index is 2.45. The van der Waals surface area contributed by atoms with E-state index in [9.17, 15) is 9.90 Å². The van der Waals surface area contributed by atoms with E-state index >= 15 is 0 Å². The molecule has 1 fully saturated rings. The molecule has 0 aromatic carbocycles. The van der Waals surface area contributed by atoms with Crippen LogP contribution in [0.5, 0.6) is 0 Å². The highest BCUT2D eigenvalue weighted by Gasteiger charge is 2.27. The first-order chi connectivity index (χ1) is 7.69. The Hall–Kier alpha value is -1.05. The van der Waals surface area contributed by atoms with Gasteiger partial charge in [0.15, 0.2) is 0 Å². The van der Waals surface area contributed by atoms with E-state index in [4.69, 9.17) is 12.2 Å². The van der Waals surface area contributed by atoms with Gasteiger partial charge in [-0.05, 0) is 12.8 Å². The molecule has 0 aromatic heterocycles. The lowest BCUT2D eigenvalue weighted by atomic mass is 9.85. The third kappa shape index (κ3) is 3.51. The maximum atomic E-state index is 11.6. The highest BCUT2D eigenvalue weighted by molar-refractivity contribution is 5.82. The molecule has 1 amide bonds. The molecule has 4 N–H and O–H groups in total. The van der Waals surface area contributed by atoms with E-state index in [-0.39, 0.29) is 30.9 Å². The molecule has 0 radical (unpaired) electrons. The van der Waals surface area contributed by atoms with E-state index in [2.05, 4.69) is 11.2 Å². The summed E-state index contributed by atoms with van der Waals surface area (Å²) in [5.41, 5.74) is 5.61. The van der Waals surface area contributed by atoms with Gasteiger partial charge in [0.25, 0.3) is 0 Å². The Kier molecular flexibility index (Phi) is 5.30. The van der Waals surface area contributed by atoms with Crippen LogP contribution in [0, 0.1) is 18.3 Å².